The van der Waals surface area contributed by atoms with Crippen molar-refractivity contribution in [3.8, 4) is 0 Å². The van der Waals surface area contributed by atoms with E-state index in [1.54, 1.807) is 0 Å². The highest BCUT2D eigenvalue weighted by Gasteiger charge is 2.27. The van der Waals surface area contributed by atoms with Gasteiger partial charge in [0.05, 0.1) is 19.0 Å². The first-order chi connectivity index (χ1) is 12.3. The molecule has 2 fully saturated rings. The average molecular weight is 339 g/mol. The molecule has 1 unspecified atom stereocenters. The molecule has 25 heavy (non-hydrogen) atoms. The minimum atomic E-state index is 0.0925. The molecule has 1 aliphatic carbocycles. The first-order valence-electron chi connectivity index (χ1n) is 8.85. The lowest BCUT2D eigenvalue weighted by atomic mass is 10.2. The van der Waals surface area contributed by atoms with E-state index in [0.717, 1.165) is 36.5 Å². The second kappa shape index (κ2) is 5.73. The third-order valence-corrected chi connectivity index (χ3v) is 5.04. The molecule has 0 bridgehead atoms. The van der Waals surface area contributed by atoms with Crippen molar-refractivity contribution in [3.05, 3.63) is 30.9 Å². The van der Waals surface area contributed by atoms with Crippen molar-refractivity contribution in [2.24, 2.45) is 0 Å². The van der Waals surface area contributed by atoms with Crippen molar-refractivity contribution in [2.45, 2.75) is 37.8 Å². The van der Waals surface area contributed by atoms with Gasteiger partial charge in [-0.15, -0.1) is 5.10 Å². The SMILES string of the molecule is OCC1CCCN1c1nc(Nc2cn(C3CC3)cn2)c2cccn2n1. The van der Waals surface area contributed by atoms with Gasteiger partial charge in [-0.25, -0.2) is 9.50 Å². The number of fused-ring (bicyclic) bond motifs is 1. The maximum absolute atomic E-state index is 9.60. The Morgan fingerprint density at radius 1 is 1.28 bits per heavy atom. The van der Waals surface area contributed by atoms with Crippen LogP contribution in [0.4, 0.5) is 17.6 Å². The van der Waals surface area contributed by atoms with Gasteiger partial charge in [0.1, 0.15) is 11.3 Å². The van der Waals surface area contributed by atoms with E-state index in [1.807, 2.05) is 35.4 Å². The molecule has 0 radical (unpaired) electrons. The number of aromatic nitrogens is 5. The van der Waals surface area contributed by atoms with Gasteiger partial charge in [0, 0.05) is 25.0 Å². The summed E-state index contributed by atoms with van der Waals surface area (Å²) in [4.78, 5) is 11.3. The molecule has 8 nitrogen and oxygen atoms in total. The standard InChI is InChI=1S/C17H21N7O/c25-10-13-3-1-7-23(13)17-20-16(14-4-2-8-24(14)21-17)19-15-9-22(11-18-15)12-5-6-12/h2,4,8-9,11-13,25H,1,3,5-7,10H2,(H,19,20,21). The fourth-order valence-corrected chi connectivity index (χ4v) is 3.52. The summed E-state index contributed by atoms with van der Waals surface area (Å²) in [5.74, 6) is 2.17. The number of hydrogen-bond donors (Lipinski definition) is 2. The smallest absolute Gasteiger partial charge is 0.245 e. The second-order valence-corrected chi connectivity index (χ2v) is 6.83. The van der Waals surface area contributed by atoms with E-state index < -0.39 is 0 Å². The highest BCUT2D eigenvalue weighted by atomic mass is 16.3. The van der Waals surface area contributed by atoms with E-state index >= 15 is 0 Å². The summed E-state index contributed by atoms with van der Waals surface area (Å²) in [7, 11) is 0. The molecule has 3 aromatic heterocycles. The number of anilines is 3. The zero-order valence-corrected chi connectivity index (χ0v) is 13.9. The Kier molecular flexibility index (Phi) is 3.37. The molecule has 1 aliphatic heterocycles. The monoisotopic (exact) mass is 339 g/mol. The van der Waals surface area contributed by atoms with Gasteiger partial charge in [-0.2, -0.15) is 4.98 Å². The summed E-state index contributed by atoms with van der Waals surface area (Å²) in [6, 6.07) is 4.63. The zero-order valence-electron chi connectivity index (χ0n) is 13.9. The molecule has 0 aromatic carbocycles. The van der Waals surface area contributed by atoms with E-state index in [9.17, 15) is 5.11 Å². The van der Waals surface area contributed by atoms with Gasteiger partial charge in [-0.3, -0.25) is 0 Å². The molecule has 8 heteroatoms. The first-order valence-corrected chi connectivity index (χ1v) is 8.85. The molecule has 2 N–H and O–H groups in total. The van der Waals surface area contributed by atoms with Crippen molar-refractivity contribution in [1.29, 1.82) is 0 Å². The molecular weight excluding hydrogens is 318 g/mol. The van der Waals surface area contributed by atoms with Crippen LogP contribution in [0.5, 0.6) is 0 Å². The minimum Gasteiger partial charge on any atom is -0.394 e. The molecule has 0 amide bonds. The van der Waals surface area contributed by atoms with Crippen molar-refractivity contribution < 1.29 is 5.11 Å². The van der Waals surface area contributed by atoms with Gasteiger partial charge >= 0.3 is 0 Å². The predicted molar refractivity (Wildman–Crippen MR) is 94.2 cm³/mol. The van der Waals surface area contributed by atoms with E-state index in [1.165, 1.54) is 12.8 Å². The van der Waals surface area contributed by atoms with Crippen molar-refractivity contribution >= 4 is 23.1 Å². The van der Waals surface area contributed by atoms with Crippen LogP contribution in [-0.2, 0) is 0 Å². The molecule has 130 valence electrons. The third kappa shape index (κ3) is 2.62. The maximum Gasteiger partial charge on any atom is 0.245 e. The van der Waals surface area contributed by atoms with Crippen LogP contribution in [0.1, 0.15) is 31.7 Å². The van der Waals surface area contributed by atoms with Gasteiger partial charge in [-0.05, 0) is 37.8 Å². The summed E-state index contributed by atoms with van der Waals surface area (Å²) < 4.78 is 3.98. The number of hydrogen-bond acceptors (Lipinski definition) is 6. The Labute approximate surface area is 145 Å². The Morgan fingerprint density at radius 3 is 3.04 bits per heavy atom. The zero-order chi connectivity index (χ0) is 16.8. The fourth-order valence-electron chi connectivity index (χ4n) is 3.52. The second-order valence-electron chi connectivity index (χ2n) is 6.83. The number of rotatable bonds is 5. The number of nitrogens with one attached hydrogen (secondary N) is 1. The number of aliphatic hydroxyl groups is 1. The Hall–Kier alpha value is -2.61. The van der Waals surface area contributed by atoms with Gasteiger partial charge in [0.25, 0.3) is 0 Å². The van der Waals surface area contributed by atoms with Crippen molar-refractivity contribution in [2.75, 3.05) is 23.4 Å². The van der Waals surface area contributed by atoms with Crippen LogP contribution in [0.2, 0.25) is 0 Å². The topological polar surface area (TPSA) is 83.5 Å². The number of aliphatic hydroxyl groups excluding tert-OH is 1. The van der Waals surface area contributed by atoms with Gasteiger partial charge in [0.15, 0.2) is 5.82 Å². The largest absolute Gasteiger partial charge is 0.394 e. The van der Waals surface area contributed by atoms with Crippen LogP contribution in [0, 0.1) is 0 Å². The predicted octanol–water partition coefficient (Wildman–Crippen LogP) is 1.97. The third-order valence-electron chi connectivity index (χ3n) is 5.04. The molecule has 4 heterocycles. The number of imidazole rings is 1. The van der Waals surface area contributed by atoms with Crippen LogP contribution in [0.25, 0.3) is 5.52 Å². The normalized spacial score (nSPS) is 20.5. The van der Waals surface area contributed by atoms with E-state index in [0.29, 0.717) is 12.0 Å². The lowest BCUT2D eigenvalue weighted by Crippen LogP contribution is -2.34. The quantitative estimate of drug-likeness (QED) is 0.739. The Morgan fingerprint density at radius 2 is 2.20 bits per heavy atom. The summed E-state index contributed by atoms with van der Waals surface area (Å²) in [5.41, 5.74) is 0.907. The first kappa shape index (κ1) is 14.7. The molecule has 5 rings (SSSR count). The molecule has 2 aliphatic rings. The van der Waals surface area contributed by atoms with Crippen LogP contribution >= 0.6 is 0 Å². The summed E-state index contributed by atoms with van der Waals surface area (Å²) in [6.07, 6.45) is 10.3. The van der Waals surface area contributed by atoms with Crippen molar-refractivity contribution in [3.63, 3.8) is 0 Å². The van der Waals surface area contributed by atoms with Crippen LogP contribution < -0.4 is 10.2 Å². The summed E-state index contributed by atoms with van der Waals surface area (Å²) >= 11 is 0. The molecule has 1 saturated carbocycles. The van der Waals surface area contributed by atoms with Gasteiger partial charge < -0.3 is 19.9 Å². The molecule has 3 aromatic rings. The van der Waals surface area contributed by atoms with E-state index in [2.05, 4.69) is 24.9 Å². The molecule has 1 saturated heterocycles. The fraction of sp³-hybridized carbons (Fsp3) is 0.471. The minimum absolute atomic E-state index is 0.0925. The highest BCUT2D eigenvalue weighted by Crippen LogP contribution is 2.35. The maximum atomic E-state index is 9.60. The molecule has 0 spiro atoms. The molecular formula is C17H21N7O. The van der Waals surface area contributed by atoms with E-state index in [-0.39, 0.29) is 12.6 Å². The lowest BCUT2D eigenvalue weighted by Gasteiger charge is -2.23. The van der Waals surface area contributed by atoms with Gasteiger partial charge in [0.2, 0.25) is 5.95 Å². The van der Waals surface area contributed by atoms with Crippen LogP contribution in [-0.4, -0.2) is 48.4 Å². The Balaban J connectivity index is 1.50. The average Bonchev–Trinajstić information content (AvgIpc) is 3.05. The van der Waals surface area contributed by atoms with Crippen LogP contribution in [0.15, 0.2) is 30.9 Å². The molecule has 1 atom stereocenters. The summed E-state index contributed by atoms with van der Waals surface area (Å²) in [6.45, 7) is 0.995. The van der Waals surface area contributed by atoms with Gasteiger partial charge in [-0.1, -0.05) is 0 Å². The highest BCUT2D eigenvalue weighted by molar-refractivity contribution is 5.73. The van der Waals surface area contributed by atoms with Crippen molar-refractivity contribution in [1.82, 2.24) is 24.1 Å². The Bertz CT molecular complexity index is 897. The summed E-state index contributed by atoms with van der Waals surface area (Å²) in [5, 5.41) is 17.6. The number of nitrogens with zero attached hydrogens (tertiary/aromatic N) is 6. The van der Waals surface area contributed by atoms with E-state index in [4.69, 9.17) is 4.98 Å². The van der Waals surface area contributed by atoms with Crippen LogP contribution in [0.3, 0.4) is 0 Å². The lowest BCUT2D eigenvalue weighted by molar-refractivity contribution is 0.265.